The standard InChI is InChI=1S/C25H37NO3/c1-3-18-26-19(2)14-10-8-6-4-5-7-9-11-17-22-23(27)20-15-12-13-16-21(20)24(28)25(22)29/h12-13,15-16,19,22,26H,3-11,14,17-18H2,1-2H3. The number of carbonyl (C=O) groups is 3. The van der Waals surface area contributed by atoms with Crippen molar-refractivity contribution in [1.29, 1.82) is 0 Å². The van der Waals surface area contributed by atoms with Crippen molar-refractivity contribution < 1.29 is 14.4 Å². The number of hydrogen-bond donors (Lipinski definition) is 1. The van der Waals surface area contributed by atoms with Gasteiger partial charge in [0.25, 0.3) is 0 Å². The second-order valence-electron chi connectivity index (χ2n) is 8.42. The summed E-state index contributed by atoms with van der Waals surface area (Å²) in [6.45, 7) is 5.58. The molecule has 0 saturated carbocycles. The topological polar surface area (TPSA) is 63.2 Å². The fourth-order valence-corrected chi connectivity index (χ4v) is 4.11. The van der Waals surface area contributed by atoms with Crippen LogP contribution in [-0.4, -0.2) is 29.9 Å². The highest BCUT2D eigenvalue weighted by molar-refractivity contribution is 6.51. The maximum absolute atomic E-state index is 12.6. The molecule has 0 bridgehead atoms. The average molecular weight is 400 g/mol. The molecule has 2 atom stereocenters. The third-order valence-corrected chi connectivity index (χ3v) is 5.92. The molecule has 2 rings (SSSR count). The summed E-state index contributed by atoms with van der Waals surface area (Å²) in [5, 5.41) is 3.53. The normalized spacial score (nSPS) is 17.4. The van der Waals surface area contributed by atoms with Gasteiger partial charge in [0.2, 0.25) is 11.6 Å². The van der Waals surface area contributed by atoms with Gasteiger partial charge in [-0.05, 0) is 32.7 Å². The maximum atomic E-state index is 12.6. The van der Waals surface area contributed by atoms with Gasteiger partial charge in [0.15, 0.2) is 5.78 Å². The lowest BCUT2D eigenvalue weighted by Crippen LogP contribution is -2.36. The molecular weight excluding hydrogens is 362 g/mol. The Morgan fingerprint density at radius 2 is 1.41 bits per heavy atom. The minimum Gasteiger partial charge on any atom is -0.314 e. The first kappa shape index (κ1) is 23.5. The van der Waals surface area contributed by atoms with E-state index in [2.05, 4.69) is 19.2 Å². The lowest BCUT2D eigenvalue weighted by Gasteiger charge is -2.20. The Hall–Kier alpha value is -1.81. The molecule has 0 fully saturated rings. The van der Waals surface area contributed by atoms with Gasteiger partial charge < -0.3 is 5.32 Å². The lowest BCUT2D eigenvalue weighted by molar-refractivity contribution is -0.117. The maximum Gasteiger partial charge on any atom is 0.230 e. The van der Waals surface area contributed by atoms with Crippen molar-refractivity contribution in [2.75, 3.05) is 6.54 Å². The van der Waals surface area contributed by atoms with Crippen LogP contribution in [0.15, 0.2) is 24.3 Å². The van der Waals surface area contributed by atoms with Crippen LogP contribution in [0.4, 0.5) is 0 Å². The second kappa shape index (κ2) is 12.7. The number of Topliss-reactive ketones (excluding diaryl/α,β-unsaturated/α-hetero) is 3. The summed E-state index contributed by atoms with van der Waals surface area (Å²) < 4.78 is 0. The van der Waals surface area contributed by atoms with E-state index in [1.54, 1.807) is 24.3 Å². The van der Waals surface area contributed by atoms with Gasteiger partial charge in [0.1, 0.15) is 0 Å². The van der Waals surface area contributed by atoms with Crippen LogP contribution < -0.4 is 5.32 Å². The van der Waals surface area contributed by atoms with Crippen LogP contribution in [0, 0.1) is 5.92 Å². The Kier molecular flexibility index (Phi) is 10.3. The van der Waals surface area contributed by atoms with Crippen LogP contribution in [0.1, 0.15) is 105 Å². The van der Waals surface area contributed by atoms with Crippen molar-refractivity contribution in [1.82, 2.24) is 5.32 Å². The molecule has 160 valence electrons. The van der Waals surface area contributed by atoms with Gasteiger partial charge >= 0.3 is 0 Å². The van der Waals surface area contributed by atoms with Gasteiger partial charge in [-0.1, -0.05) is 82.6 Å². The molecule has 0 spiro atoms. The molecule has 0 radical (unpaired) electrons. The van der Waals surface area contributed by atoms with Crippen molar-refractivity contribution in [3.8, 4) is 0 Å². The van der Waals surface area contributed by atoms with E-state index < -0.39 is 17.5 Å². The molecule has 4 heteroatoms. The van der Waals surface area contributed by atoms with Crippen molar-refractivity contribution >= 4 is 17.3 Å². The highest BCUT2D eigenvalue weighted by atomic mass is 16.2. The quantitative estimate of drug-likeness (QED) is 0.253. The van der Waals surface area contributed by atoms with Gasteiger partial charge in [0.05, 0.1) is 5.92 Å². The second-order valence-corrected chi connectivity index (χ2v) is 8.42. The molecule has 1 aromatic rings. The zero-order valence-electron chi connectivity index (χ0n) is 18.2. The summed E-state index contributed by atoms with van der Waals surface area (Å²) in [4.78, 5) is 37.1. The number of hydrogen-bond acceptors (Lipinski definition) is 4. The largest absolute Gasteiger partial charge is 0.314 e. The molecule has 0 saturated heterocycles. The highest BCUT2D eigenvalue weighted by Crippen LogP contribution is 2.27. The first-order valence-corrected chi connectivity index (χ1v) is 11.5. The monoisotopic (exact) mass is 399 g/mol. The molecule has 1 aliphatic rings. The Morgan fingerprint density at radius 3 is 2.07 bits per heavy atom. The van der Waals surface area contributed by atoms with Gasteiger partial charge in [-0.3, -0.25) is 14.4 Å². The zero-order valence-corrected chi connectivity index (χ0v) is 18.2. The summed E-state index contributed by atoms with van der Waals surface area (Å²) in [5.41, 5.74) is 0.690. The van der Waals surface area contributed by atoms with Gasteiger partial charge in [-0.25, -0.2) is 0 Å². The minimum absolute atomic E-state index is 0.173. The molecule has 1 aliphatic carbocycles. The molecule has 1 aromatic carbocycles. The Balaban J connectivity index is 1.55. The van der Waals surface area contributed by atoms with Gasteiger partial charge in [-0.2, -0.15) is 0 Å². The fourth-order valence-electron chi connectivity index (χ4n) is 4.11. The van der Waals surface area contributed by atoms with E-state index in [9.17, 15) is 14.4 Å². The van der Waals surface area contributed by atoms with Crippen LogP contribution >= 0.6 is 0 Å². The van der Waals surface area contributed by atoms with E-state index in [1.807, 2.05) is 0 Å². The summed E-state index contributed by atoms with van der Waals surface area (Å²) in [5.74, 6) is -1.95. The highest BCUT2D eigenvalue weighted by Gasteiger charge is 2.39. The molecule has 1 N–H and O–H groups in total. The molecule has 0 aliphatic heterocycles. The smallest absolute Gasteiger partial charge is 0.230 e. The SMILES string of the molecule is CCCNC(C)CCCCCCCCCCC1C(=O)C(=O)c2ccccc2C1=O. The average Bonchev–Trinajstić information content (AvgIpc) is 2.74. The van der Waals surface area contributed by atoms with Crippen molar-refractivity contribution in [2.24, 2.45) is 5.92 Å². The van der Waals surface area contributed by atoms with Crippen molar-refractivity contribution in [3.63, 3.8) is 0 Å². The fraction of sp³-hybridized carbons (Fsp3) is 0.640. The summed E-state index contributed by atoms with van der Waals surface area (Å²) >= 11 is 0. The molecule has 4 nitrogen and oxygen atoms in total. The molecule has 0 amide bonds. The van der Waals surface area contributed by atoms with Crippen molar-refractivity contribution in [2.45, 2.75) is 90.5 Å². The predicted molar refractivity (Wildman–Crippen MR) is 118 cm³/mol. The van der Waals surface area contributed by atoms with E-state index >= 15 is 0 Å². The summed E-state index contributed by atoms with van der Waals surface area (Å²) in [7, 11) is 0. The molecule has 0 aromatic heterocycles. The molecule has 0 heterocycles. The molecule has 2 unspecified atom stereocenters. The van der Waals surface area contributed by atoms with Crippen molar-refractivity contribution in [3.05, 3.63) is 35.4 Å². The Labute approximate surface area is 175 Å². The number of rotatable bonds is 14. The first-order chi connectivity index (χ1) is 14.1. The van der Waals surface area contributed by atoms with Crippen LogP contribution in [0.2, 0.25) is 0 Å². The number of ketones is 3. The lowest BCUT2D eigenvalue weighted by atomic mass is 9.78. The third kappa shape index (κ3) is 7.18. The van der Waals surface area contributed by atoms with Crippen LogP contribution in [0.5, 0.6) is 0 Å². The number of nitrogens with one attached hydrogen (secondary N) is 1. The Bertz CT molecular complexity index is 682. The predicted octanol–water partition coefficient (Wildman–Crippen LogP) is 5.54. The Morgan fingerprint density at radius 1 is 0.828 bits per heavy atom. The van der Waals surface area contributed by atoms with E-state index in [4.69, 9.17) is 0 Å². The number of carbonyl (C=O) groups excluding carboxylic acids is 3. The summed E-state index contributed by atoms with van der Waals surface area (Å²) in [6, 6.07) is 7.31. The number of fused-ring (bicyclic) bond motifs is 1. The van der Waals surface area contributed by atoms with Gasteiger partial charge in [0, 0.05) is 17.2 Å². The van der Waals surface area contributed by atoms with E-state index in [0.29, 0.717) is 18.0 Å². The first-order valence-electron chi connectivity index (χ1n) is 11.5. The van der Waals surface area contributed by atoms with E-state index in [0.717, 1.165) is 25.8 Å². The minimum atomic E-state index is -0.763. The summed E-state index contributed by atoms with van der Waals surface area (Å²) in [6.07, 6.45) is 12.3. The van der Waals surface area contributed by atoms with Crippen LogP contribution in [0.3, 0.4) is 0 Å². The third-order valence-electron chi connectivity index (χ3n) is 5.92. The molecular formula is C25H37NO3. The van der Waals surface area contributed by atoms with Crippen LogP contribution in [0.25, 0.3) is 0 Å². The zero-order chi connectivity index (χ0) is 21.1. The number of unbranched alkanes of at least 4 members (excludes halogenated alkanes) is 7. The van der Waals surface area contributed by atoms with E-state index in [-0.39, 0.29) is 11.3 Å². The number of benzene rings is 1. The van der Waals surface area contributed by atoms with Crippen LogP contribution in [-0.2, 0) is 4.79 Å². The molecule has 29 heavy (non-hydrogen) atoms. The van der Waals surface area contributed by atoms with Gasteiger partial charge in [-0.15, -0.1) is 0 Å². The van der Waals surface area contributed by atoms with E-state index in [1.165, 1.54) is 44.9 Å².